The molecule has 0 fully saturated rings. The van der Waals surface area contributed by atoms with Crippen LogP contribution in [0.1, 0.15) is 18.5 Å². The van der Waals surface area contributed by atoms with E-state index in [1.54, 1.807) is 13.2 Å². The third kappa shape index (κ3) is 5.44. The lowest BCUT2D eigenvalue weighted by atomic mass is 10.0. The minimum absolute atomic E-state index is 0.0558. The summed E-state index contributed by atoms with van der Waals surface area (Å²) in [6, 6.07) is 7.92. The normalized spacial score (nSPS) is 13.0. The number of allylic oxidation sites excluding steroid dienone is 3. The van der Waals surface area contributed by atoms with Crippen molar-refractivity contribution in [3.8, 4) is 5.75 Å². The van der Waals surface area contributed by atoms with Crippen LogP contribution in [0, 0.1) is 0 Å². The number of likely N-dealkylation sites (N-methyl/N-ethyl adjacent to an activating group) is 1. The zero-order chi connectivity index (χ0) is 15.7. The zero-order valence-corrected chi connectivity index (χ0v) is 13.2. The molecule has 114 valence electrons. The first-order chi connectivity index (χ1) is 10.1. The van der Waals surface area contributed by atoms with E-state index in [4.69, 9.17) is 4.74 Å². The molecule has 0 saturated heterocycles. The van der Waals surface area contributed by atoms with Gasteiger partial charge in [0.1, 0.15) is 5.75 Å². The quantitative estimate of drug-likeness (QED) is 0.619. The van der Waals surface area contributed by atoms with Crippen LogP contribution in [-0.4, -0.2) is 38.6 Å². The van der Waals surface area contributed by atoms with Crippen molar-refractivity contribution in [1.82, 2.24) is 10.2 Å². The van der Waals surface area contributed by atoms with E-state index >= 15 is 0 Å². The van der Waals surface area contributed by atoms with Crippen LogP contribution in [0.3, 0.4) is 0 Å². The molecule has 21 heavy (non-hydrogen) atoms. The fraction of sp³-hybridized carbons (Fsp3) is 0.353. The van der Waals surface area contributed by atoms with E-state index in [0.29, 0.717) is 6.54 Å². The van der Waals surface area contributed by atoms with Gasteiger partial charge in [-0.3, -0.25) is 4.79 Å². The van der Waals surface area contributed by atoms with Crippen LogP contribution >= 0.6 is 0 Å². The molecule has 0 aliphatic rings. The number of para-hydroxylation sites is 1. The lowest BCUT2D eigenvalue weighted by Crippen LogP contribution is -2.33. The molecule has 0 radical (unpaired) electrons. The van der Waals surface area contributed by atoms with E-state index in [9.17, 15) is 4.79 Å². The molecule has 0 bridgehead atoms. The Kier molecular flexibility index (Phi) is 7.26. The van der Waals surface area contributed by atoms with Crippen LogP contribution in [0.25, 0.3) is 0 Å². The second kappa shape index (κ2) is 8.97. The summed E-state index contributed by atoms with van der Waals surface area (Å²) in [5.74, 6) is 0.727. The van der Waals surface area contributed by atoms with Gasteiger partial charge in [0, 0.05) is 18.2 Å². The van der Waals surface area contributed by atoms with Crippen LogP contribution in [0.4, 0.5) is 0 Å². The van der Waals surface area contributed by atoms with Gasteiger partial charge in [0.15, 0.2) is 0 Å². The van der Waals surface area contributed by atoms with E-state index < -0.39 is 0 Å². The molecule has 4 heteroatoms. The molecule has 1 N–H and O–H groups in total. The number of rotatable bonds is 7. The van der Waals surface area contributed by atoms with Crippen LogP contribution in [0.5, 0.6) is 5.75 Å². The first-order valence-electron chi connectivity index (χ1n) is 6.96. The van der Waals surface area contributed by atoms with Crippen molar-refractivity contribution in [3.63, 3.8) is 0 Å². The lowest BCUT2D eigenvalue weighted by molar-refractivity contribution is -0.116. The summed E-state index contributed by atoms with van der Waals surface area (Å²) in [6.45, 7) is 2.43. The first-order valence-corrected chi connectivity index (χ1v) is 6.96. The van der Waals surface area contributed by atoms with E-state index in [2.05, 4.69) is 10.2 Å². The molecule has 1 amide bonds. The lowest BCUT2D eigenvalue weighted by Gasteiger charge is -2.26. The van der Waals surface area contributed by atoms with E-state index in [0.717, 1.165) is 11.3 Å². The summed E-state index contributed by atoms with van der Waals surface area (Å²) >= 11 is 0. The molecular weight excluding hydrogens is 264 g/mol. The number of benzene rings is 1. The zero-order valence-electron chi connectivity index (χ0n) is 13.2. The number of hydrogen-bond donors (Lipinski definition) is 1. The number of hydrogen-bond acceptors (Lipinski definition) is 3. The third-order valence-electron chi connectivity index (χ3n) is 3.14. The van der Waals surface area contributed by atoms with E-state index in [1.807, 2.05) is 57.4 Å². The van der Waals surface area contributed by atoms with Gasteiger partial charge < -0.3 is 15.0 Å². The Morgan fingerprint density at radius 1 is 1.33 bits per heavy atom. The molecular formula is C17H24N2O2. The summed E-state index contributed by atoms with van der Waals surface area (Å²) in [4.78, 5) is 13.8. The predicted molar refractivity (Wildman–Crippen MR) is 86.4 cm³/mol. The fourth-order valence-electron chi connectivity index (χ4n) is 2.02. The maximum Gasteiger partial charge on any atom is 0.244 e. The number of amides is 1. The van der Waals surface area contributed by atoms with Crippen LogP contribution in [-0.2, 0) is 4.79 Å². The summed E-state index contributed by atoms with van der Waals surface area (Å²) < 4.78 is 5.40. The molecule has 4 nitrogen and oxygen atoms in total. The maximum atomic E-state index is 11.7. The number of methoxy groups -OCH3 is 1. The molecule has 0 saturated carbocycles. The van der Waals surface area contributed by atoms with Crippen molar-refractivity contribution in [2.45, 2.75) is 13.0 Å². The molecule has 0 aromatic heterocycles. The Hall–Kier alpha value is -2.07. The number of nitrogens with zero attached hydrogens (tertiary/aromatic N) is 1. The van der Waals surface area contributed by atoms with Crippen molar-refractivity contribution in [3.05, 3.63) is 54.1 Å². The largest absolute Gasteiger partial charge is 0.496 e. The van der Waals surface area contributed by atoms with Crippen LogP contribution < -0.4 is 10.1 Å². The summed E-state index contributed by atoms with van der Waals surface area (Å²) in [5, 5.41) is 2.92. The van der Waals surface area contributed by atoms with E-state index in [-0.39, 0.29) is 11.9 Å². The number of carbonyl (C=O) groups excluding carboxylic acids is 1. The third-order valence-corrected chi connectivity index (χ3v) is 3.14. The van der Waals surface area contributed by atoms with Crippen LogP contribution in [0.15, 0.2) is 48.6 Å². The van der Waals surface area contributed by atoms with E-state index in [1.165, 1.54) is 6.08 Å². The molecule has 0 aliphatic heterocycles. The van der Waals surface area contributed by atoms with Gasteiger partial charge in [-0.25, -0.2) is 0 Å². The topological polar surface area (TPSA) is 41.6 Å². The molecule has 0 aliphatic carbocycles. The average molecular weight is 288 g/mol. The Labute approximate surface area is 127 Å². The SMILES string of the molecule is C/C=C/C=C/C(=O)NCC(c1ccccc1OC)N(C)C. The Morgan fingerprint density at radius 3 is 2.67 bits per heavy atom. The molecule has 1 unspecified atom stereocenters. The highest BCUT2D eigenvalue weighted by Crippen LogP contribution is 2.27. The average Bonchev–Trinajstić information content (AvgIpc) is 2.48. The number of ether oxygens (including phenoxy) is 1. The minimum atomic E-state index is -0.102. The standard InChI is InChI=1S/C17H24N2O2/c1-5-6-7-12-17(20)18-13-15(19(2)3)14-10-8-9-11-16(14)21-4/h5-12,15H,13H2,1-4H3,(H,18,20)/b6-5+,12-7+. The fourth-order valence-corrected chi connectivity index (χ4v) is 2.02. The van der Waals surface area contributed by atoms with Crippen molar-refractivity contribution >= 4 is 5.91 Å². The predicted octanol–water partition coefficient (Wildman–Crippen LogP) is 2.55. The Bertz CT molecular complexity index is 507. The van der Waals surface area contributed by atoms with Crippen LogP contribution in [0.2, 0.25) is 0 Å². The monoisotopic (exact) mass is 288 g/mol. The van der Waals surface area contributed by atoms with Gasteiger partial charge in [0.2, 0.25) is 5.91 Å². The summed E-state index contributed by atoms with van der Waals surface area (Å²) in [7, 11) is 5.63. The molecule has 0 spiro atoms. The first kappa shape index (κ1) is 17.0. The van der Waals surface area contributed by atoms with Crippen molar-refractivity contribution in [2.75, 3.05) is 27.7 Å². The van der Waals surface area contributed by atoms with Crippen molar-refractivity contribution in [2.24, 2.45) is 0 Å². The Balaban J connectivity index is 2.77. The van der Waals surface area contributed by atoms with Gasteiger partial charge in [0.25, 0.3) is 0 Å². The van der Waals surface area contributed by atoms with Gasteiger partial charge in [-0.2, -0.15) is 0 Å². The Morgan fingerprint density at radius 2 is 2.05 bits per heavy atom. The highest BCUT2D eigenvalue weighted by atomic mass is 16.5. The minimum Gasteiger partial charge on any atom is -0.496 e. The molecule has 1 aromatic carbocycles. The highest BCUT2D eigenvalue weighted by molar-refractivity contribution is 5.87. The van der Waals surface area contributed by atoms with Crippen molar-refractivity contribution in [1.29, 1.82) is 0 Å². The highest BCUT2D eigenvalue weighted by Gasteiger charge is 2.18. The van der Waals surface area contributed by atoms with Gasteiger partial charge in [-0.1, -0.05) is 36.4 Å². The van der Waals surface area contributed by atoms with Gasteiger partial charge >= 0.3 is 0 Å². The van der Waals surface area contributed by atoms with Gasteiger partial charge in [0.05, 0.1) is 13.2 Å². The molecule has 1 aromatic rings. The van der Waals surface area contributed by atoms with Crippen molar-refractivity contribution < 1.29 is 9.53 Å². The second-order valence-electron chi connectivity index (χ2n) is 4.85. The number of nitrogens with one attached hydrogen (secondary N) is 1. The second-order valence-corrected chi connectivity index (χ2v) is 4.85. The van der Waals surface area contributed by atoms with Gasteiger partial charge in [-0.05, 0) is 27.1 Å². The summed E-state index contributed by atoms with van der Waals surface area (Å²) in [5.41, 5.74) is 1.06. The summed E-state index contributed by atoms with van der Waals surface area (Å²) in [6.07, 6.45) is 6.95. The molecule has 1 rings (SSSR count). The molecule has 0 heterocycles. The molecule has 1 atom stereocenters. The van der Waals surface area contributed by atoms with Gasteiger partial charge in [-0.15, -0.1) is 0 Å². The maximum absolute atomic E-state index is 11.7. The smallest absolute Gasteiger partial charge is 0.244 e. The number of carbonyl (C=O) groups is 1.